The molecule has 0 fully saturated rings. The van der Waals surface area contributed by atoms with Crippen molar-refractivity contribution in [2.45, 2.75) is 20.8 Å². The van der Waals surface area contributed by atoms with E-state index >= 15 is 0 Å². The first-order chi connectivity index (χ1) is 11.5. The molecule has 120 valence electrons. The Kier molecular flexibility index (Phi) is 4.33. The Labute approximate surface area is 140 Å². The number of aromatic nitrogens is 3. The minimum atomic E-state index is -0.278. The van der Waals surface area contributed by atoms with Crippen molar-refractivity contribution in [2.24, 2.45) is 0 Å². The highest BCUT2D eigenvalue weighted by atomic mass is 16.1. The van der Waals surface area contributed by atoms with Crippen LogP contribution >= 0.6 is 0 Å². The van der Waals surface area contributed by atoms with Crippen LogP contribution in [0.4, 0.5) is 5.82 Å². The van der Waals surface area contributed by atoms with Gasteiger partial charge in [0.05, 0.1) is 0 Å². The van der Waals surface area contributed by atoms with Gasteiger partial charge in [0, 0.05) is 29.3 Å². The molecular formula is C19H18N4O. The minimum Gasteiger partial charge on any atom is -0.305 e. The van der Waals surface area contributed by atoms with Gasteiger partial charge in [0.25, 0.3) is 5.91 Å². The fourth-order valence-electron chi connectivity index (χ4n) is 2.50. The zero-order chi connectivity index (χ0) is 17.1. The van der Waals surface area contributed by atoms with Crippen LogP contribution in [-0.2, 0) is 0 Å². The van der Waals surface area contributed by atoms with Crippen molar-refractivity contribution < 1.29 is 4.79 Å². The van der Waals surface area contributed by atoms with Gasteiger partial charge in [-0.1, -0.05) is 6.07 Å². The predicted molar refractivity (Wildman–Crippen MR) is 93.9 cm³/mol. The summed E-state index contributed by atoms with van der Waals surface area (Å²) in [6.07, 6.45) is 3.55. The number of pyridine rings is 3. The van der Waals surface area contributed by atoms with Crippen molar-refractivity contribution >= 4 is 11.7 Å². The van der Waals surface area contributed by atoms with Gasteiger partial charge < -0.3 is 5.32 Å². The van der Waals surface area contributed by atoms with Crippen molar-refractivity contribution in [3.63, 3.8) is 0 Å². The smallest absolute Gasteiger partial charge is 0.275 e. The number of amides is 1. The van der Waals surface area contributed by atoms with Gasteiger partial charge in [0.1, 0.15) is 11.5 Å². The summed E-state index contributed by atoms with van der Waals surface area (Å²) in [6.45, 7) is 5.77. The predicted octanol–water partition coefficient (Wildman–Crippen LogP) is 3.72. The molecule has 0 unspecified atom stereocenters. The molecule has 0 saturated carbocycles. The molecule has 0 aliphatic heterocycles. The molecule has 3 aromatic rings. The lowest BCUT2D eigenvalue weighted by atomic mass is 10.0. The Morgan fingerprint density at radius 3 is 2.58 bits per heavy atom. The minimum absolute atomic E-state index is 0.278. The van der Waals surface area contributed by atoms with Crippen LogP contribution in [0, 0.1) is 20.8 Å². The van der Waals surface area contributed by atoms with E-state index in [2.05, 4.69) is 20.3 Å². The number of nitrogens with zero attached hydrogens (tertiary/aromatic N) is 3. The van der Waals surface area contributed by atoms with E-state index in [-0.39, 0.29) is 5.91 Å². The Hall–Kier alpha value is -3.08. The van der Waals surface area contributed by atoms with Gasteiger partial charge in [-0.25, -0.2) is 9.97 Å². The third kappa shape index (κ3) is 3.46. The third-order valence-electron chi connectivity index (χ3n) is 3.67. The zero-order valence-corrected chi connectivity index (χ0v) is 13.9. The standard InChI is InChI=1S/C19H18N4O/c1-12-7-8-20-11-16(12)15-9-14(3)21-17(10-15)19(24)23-18-6-4-5-13(2)22-18/h4-11H,1-3H3,(H,22,23,24). The number of rotatable bonds is 3. The molecule has 0 aliphatic rings. The number of nitrogens with one attached hydrogen (secondary N) is 1. The van der Waals surface area contributed by atoms with Crippen molar-refractivity contribution in [3.05, 3.63) is 71.4 Å². The Bertz CT molecular complexity index is 905. The molecular weight excluding hydrogens is 300 g/mol. The monoisotopic (exact) mass is 318 g/mol. The van der Waals surface area contributed by atoms with E-state index in [0.717, 1.165) is 28.1 Å². The number of carbonyl (C=O) groups is 1. The molecule has 1 N–H and O–H groups in total. The van der Waals surface area contributed by atoms with E-state index in [1.54, 1.807) is 24.5 Å². The fourth-order valence-corrected chi connectivity index (χ4v) is 2.50. The first kappa shape index (κ1) is 15.8. The van der Waals surface area contributed by atoms with Crippen molar-refractivity contribution in [3.8, 4) is 11.1 Å². The lowest BCUT2D eigenvalue weighted by molar-refractivity contribution is 0.102. The molecule has 0 radical (unpaired) electrons. The van der Waals surface area contributed by atoms with Crippen LogP contribution in [0.25, 0.3) is 11.1 Å². The summed E-state index contributed by atoms with van der Waals surface area (Å²) >= 11 is 0. The Morgan fingerprint density at radius 1 is 1.00 bits per heavy atom. The maximum atomic E-state index is 12.5. The van der Waals surface area contributed by atoms with E-state index in [1.807, 2.05) is 45.0 Å². The van der Waals surface area contributed by atoms with Crippen LogP contribution in [0.15, 0.2) is 48.8 Å². The summed E-state index contributed by atoms with van der Waals surface area (Å²) in [5, 5.41) is 2.79. The van der Waals surface area contributed by atoms with Crippen LogP contribution in [0.5, 0.6) is 0 Å². The number of carbonyl (C=O) groups excluding carboxylic acids is 1. The fraction of sp³-hybridized carbons (Fsp3) is 0.158. The van der Waals surface area contributed by atoms with Crippen LogP contribution < -0.4 is 5.32 Å². The number of anilines is 1. The summed E-state index contributed by atoms with van der Waals surface area (Å²) in [5.41, 5.74) is 5.00. The highest BCUT2D eigenvalue weighted by Gasteiger charge is 2.12. The van der Waals surface area contributed by atoms with Gasteiger partial charge in [-0.2, -0.15) is 0 Å². The topological polar surface area (TPSA) is 67.8 Å². The largest absolute Gasteiger partial charge is 0.305 e. The average Bonchev–Trinajstić information content (AvgIpc) is 2.54. The van der Waals surface area contributed by atoms with Crippen LogP contribution in [0.2, 0.25) is 0 Å². The summed E-state index contributed by atoms with van der Waals surface area (Å²) in [4.78, 5) is 25.3. The lowest BCUT2D eigenvalue weighted by Crippen LogP contribution is -2.15. The summed E-state index contributed by atoms with van der Waals surface area (Å²) in [6, 6.07) is 11.2. The van der Waals surface area contributed by atoms with Gasteiger partial charge in [0.15, 0.2) is 0 Å². The molecule has 3 aromatic heterocycles. The molecule has 0 saturated heterocycles. The number of aryl methyl sites for hydroxylation is 3. The summed E-state index contributed by atoms with van der Waals surface area (Å²) in [5.74, 6) is 0.238. The normalized spacial score (nSPS) is 10.5. The molecule has 0 aromatic carbocycles. The quantitative estimate of drug-likeness (QED) is 0.799. The van der Waals surface area contributed by atoms with Crippen LogP contribution in [0.1, 0.15) is 27.4 Å². The second kappa shape index (κ2) is 6.58. The van der Waals surface area contributed by atoms with E-state index in [9.17, 15) is 4.79 Å². The lowest BCUT2D eigenvalue weighted by Gasteiger charge is -2.09. The first-order valence-electron chi connectivity index (χ1n) is 7.67. The number of hydrogen-bond donors (Lipinski definition) is 1. The molecule has 0 aliphatic carbocycles. The number of hydrogen-bond acceptors (Lipinski definition) is 4. The molecule has 0 atom stereocenters. The maximum absolute atomic E-state index is 12.5. The third-order valence-corrected chi connectivity index (χ3v) is 3.67. The van der Waals surface area contributed by atoms with Gasteiger partial charge in [-0.15, -0.1) is 0 Å². The van der Waals surface area contributed by atoms with E-state index in [4.69, 9.17) is 0 Å². The molecule has 5 heteroatoms. The highest BCUT2D eigenvalue weighted by molar-refractivity contribution is 6.03. The average molecular weight is 318 g/mol. The molecule has 24 heavy (non-hydrogen) atoms. The molecule has 1 amide bonds. The first-order valence-corrected chi connectivity index (χ1v) is 7.67. The molecule has 3 rings (SSSR count). The zero-order valence-electron chi connectivity index (χ0n) is 13.9. The van der Waals surface area contributed by atoms with Gasteiger partial charge in [-0.05, 0) is 62.2 Å². The molecule has 0 bridgehead atoms. The molecule has 0 spiro atoms. The second-order valence-electron chi connectivity index (χ2n) is 5.69. The van der Waals surface area contributed by atoms with Crippen LogP contribution in [-0.4, -0.2) is 20.9 Å². The maximum Gasteiger partial charge on any atom is 0.275 e. The highest BCUT2D eigenvalue weighted by Crippen LogP contribution is 2.23. The van der Waals surface area contributed by atoms with Gasteiger partial charge >= 0.3 is 0 Å². The van der Waals surface area contributed by atoms with E-state index in [0.29, 0.717) is 11.5 Å². The van der Waals surface area contributed by atoms with Crippen molar-refractivity contribution in [1.82, 2.24) is 15.0 Å². The van der Waals surface area contributed by atoms with Crippen LogP contribution in [0.3, 0.4) is 0 Å². The SMILES string of the molecule is Cc1cccc(NC(=O)c2cc(-c3cnccc3C)cc(C)n2)n1. The van der Waals surface area contributed by atoms with E-state index in [1.165, 1.54) is 0 Å². The molecule has 5 nitrogen and oxygen atoms in total. The Balaban J connectivity index is 1.94. The van der Waals surface area contributed by atoms with Crippen molar-refractivity contribution in [2.75, 3.05) is 5.32 Å². The van der Waals surface area contributed by atoms with E-state index < -0.39 is 0 Å². The summed E-state index contributed by atoms with van der Waals surface area (Å²) in [7, 11) is 0. The van der Waals surface area contributed by atoms with Gasteiger partial charge in [0.2, 0.25) is 0 Å². The molecule has 3 heterocycles. The second-order valence-corrected chi connectivity index (χ2v) is 5.69. The van der Waals surface area contributed by atoms with Crippen molar-refractivity contribution in [1.29, 1.82) is 0 Å². The Morgan fingerprint density at radius 2 is 1.83 bits per heavy atom. The van der Waals surface area contributed by atoms with Gasteiger partial charge in [-0.3, -0.25) is 9.78 Å². The summed E-state index contributed by atoms with van der Waals surface area (Å²) < 4.78 is 0.